The van der Waals surface area contributed by atoms with Crippen molar-refractivity contribution in [3.63, 3.8) is 0 Å². The monoisotopic (exact) mass is 357 g/mol. The van der Waals surface area contributed by atoms with Crippen LogP contribution >= 0.6 is 27.5 Å². The van der Waals surface area contributed by atoms with E-state index in [2.05, 4.69) is 15.9 Å². The van der Waals surface area contributed by atoms with Gasteiger partial charge < -0.3 is 10.8 Å². The summed E-state index contributed by atoms with van der Waals surface area (Å²) in [5.41, 5.74) is 7.07. The van der Waals surface area contributed by atoms with Crippen LogP contribution in [0.5, 0.6) is 0 Å². The minimum atomic E-state index is -0.898. The Bertz CT molecular complexity index is 588. The highest BCUT2D eigenvalue weighted by molar-refractivity contribution is 9.10. The van der Waals surface area contributed by atoms with E-state index >= 15 is 0 Å². The Morgan fingerprint density at radius 2 is 1.95 bits per heavy atom. The molecule has 0 radical (unpaired) electrons. The van der Waals surface area contributed by atoms with Gasteiger partial charge in [0.2, 0.25) is 0 Å². The number of nitrogens with two attached hydrogens (primary N) is 1. The number of benzene rings is 2. The molecule has 0 aromatic heterocycles. The first kappa shape index (κ1) is 15.4. The first-order valence-electron chi connectivity index (χ1n) is 6.11. The molecule has 0 saturated carbocycles. The van der Waals surface area contributed by atoms with Crippen LogP contribution in [0.25, 0.3) is 0 Å². The summed E-state index contributed by atoms with van der Waals surface area (Å²) >= 11 is 9.17. The minimum Gasteiger partial charge on any atom is -0.388 e. The number of hydrogen-bond acceptors (Lipinski definition) is 2. The molecule has 5 heteroatoms. The molecule has 2 aromatic carbocycles. The van der Waals surface area contributed by atoms with E-state index in [1.165, 1.54) is 12.1 Å². The second-order valence-corrected chi connectivity index (χ2v) is 5.90. The Kier molecular flexibility index (Phi) is 5.16. The summed E-state index contributed by atoms with van der Waals surface area (Å²) in [7, 11) is 0. The van der Waals surface area contributed by atoms with Gasteiger partial charge in [-0.1, -0.05) is 39.7 Å². The van der Waals surface area contributed by atoms with Crippen LogP contribution in [0.15, 0.2) is 46.9 Å². The van der Waals surface area contributed by atoms with E-state index in [0.29, 0.717) is 15.1 Å². The summed E-state index contributed by atoms with van der Waals surface area (Å²) in [6.45, 7) is 0.232. The molecule has 2 nitrogen and oxygen atoms in total. The summed E-state index contributed by atoms with van der Waals surface area (Å²) in [6.07, 6.45) is -0.898. The third kappa shape index (κ3) is 3.58. The van der Waals surface area contributed by atoms with E-state index < -0.39 is 11.9 Å². The predicted octanol–water partition coefficient (Wildman–Crippen LogP) is 4.02. The van der Waals surface area contributed by atoms with Gasteiger partial charge in [0, 0.05) is 22.0 Å². The molecule has 2 unspecified atom stereocenters. The Labute approximate surface area is 130 Å². The molecule has 0 saturated heterocycles. The van der Waals surface area contributed by atoms with Crippen molar-refractivity contribution < 1.29 is 9.50 Å². The first-order valence-corrected chi connectivity index (χ1v) is 7.28. The van der Waals surface area contributed by atoms with Crippen LogP contribution in [-0.4, -0.2) is 11.7 Å². The first-order chi connectivity index (χ1) is 9.51. The molecule has 0 heterocycles. The van der Waals surface area contributed by atoms with Gasteiger partial charge in [0.15, 0.2) is 0 Å². The van der Waals surface area contributed by atoms with E-state index in [1.807, 2.05) is 6.07 Å². The average molecular weight is 359 g/mol. The van der Waals surface area contributed by atoms with Crippen molar-refractivity contribution in [2.75, 3.05) is 6.54 Å². The summed E-state index contributed by atoms with van der Waals surface area (Å²) in [5.74, 6) is -0.752. The fraction of sp³-hybridized carbons (Fsp3) is 0.200. The van der Waals surface area contributed by atoms with Crippen molar-refractivity contribution >= 4 is 27.5 Å². The molecule has 2 rings (SSSR count). The zero-order valence-corrected chi connectivity index (χ0v) is 12.9. The lowest BCUT2D eigenvalue weighted by atomic mass is 9.89. The Hall–Kier alpha value is -0.940. The van der Waals surface area contributed by atoms with Crippen LogP contribution in [0, 0.1) is 5.82 Å². The van der Waals surface area contributed by atoms with Gasteiger partial charge in [0.05, 0.1) is 6.10 Å². The summed E-state index contributed by atoms with van der Waals surface area (Å²) in [6, 6.07) is 11.5. The van der Waals surface area contributed by atoms with E-state index in [9.17, 15) is 9.50 Å². The van der Waals surface area contributed by atoms with Crippen LogP contribution in [0.3, 0.4) is 0 Å². The van der Waals surface area contributed by atoms with Gasteiger partial charge in [-0.25, -0.2) is 4.39 Å². The molecule has 0 aliphatic rings. The third-order valence-corrected chi connectivity index (χ3v) is 3.83. The molecule has 2 aromatic rings. The maximum Gasteiger partial charge on any atom is 0.124 e. The maximum absolute atomic E-state index is 13.4. The number of halogens is 3. The van der Waals surface area contributed by atoms with Crippen LogP contribution in [-0.2, 0) is 0 Å². The zero-order chi connectivity index (χ0) is 14.7. The molecular formula is C15H14BrClFNO. The van der Waals surface area contributed by atoms with Crippen LogP contribution in [0.4, 0.5) is 4.39 Å². The van der Waals surface area contributed by atoms with Gasteiger partial charge in [-0.3, -0.25) is 0 Å². The van der Waals surface area contributed by atoms with E-state index in [-0.39, 0.29) is 12.5 Å². The molecule has 2 atom stereocenters. The molecule has 0 aliphatic carbocycles. The van der Waals surface area contributed by atoms with Crippen molar-refractivity contribution in [2.45, 2.75) is 12.0 Å². The molecule has 106 valence electrons. The number of rotatable bonds is 4. The van der Waals surface area contributed by atoms with Gasteiger partial charge in [0.1, 0.15) is 5.82 Å². The summed E-state index contributed by atoms with van der Waals surface area (Å²) in [4.78, 5) is 0. The van der Waals surface area contributed by atoms with Crippen LogP contribution in [0.2, 0.25) is 5.02 Å². The standard InChI is InChI=1S/C15H14BrClFNO/c16-11-4-10(6-13(18)7-11)15(20)14(8-19)9-2-1-3-12(17)5-9/h1-7,14-15,20H,8,19H2. The van der Waals surface area contributed by atoms with Crippen molar-refractivity contribution in [1.29, 1.82) is 0 Å². The van der Waals surface area contributed by atoms with Crippen LogP contribution in [0.1, 0.15) is 23.1 Å². The second kappa shape index (κ2) is 6.68. The van der Waals surface area contributed by atoms with E-state index in [1.54, 1.807) is 24.3 Å². The van der Waals surface area contributed by atoms with E-state index in [0.717, 1.165) is 5.56 Å². The maximum atomic E-state index is 13.4. The smallest absolute Gasteiger partial charge is 0.124 e. The van der Waals surface area contributed by atoms with Crippen molar-refractivity contribution in [1.82, 2.24) is 0 Å². The molecule has 0 aliphatic heterocycles. The summed E-state index contributed by atoms with van der Waals surface area (Å²) < 4.78 is 14.0. The SMILES string of the molecule is NCC(c1cccc(Cl)c1)C(O)c1cc(F)cc(Br)c1. The molecule has 3 N–H and O–H groups in total. The molecule has 0 spiro atoms. The molecule has 0 bridgehead atoms. The Morgan fingerprint density at radius 1 is 1.20 bits per heavy atom. The molecular weight excluding hydrogens is 345 g/mol. The topological polar surface area (TPSA) is 46.2 Å². The van der Waals surface area contributed by atoms with Gasteiger partial charge in [-0.2, -0.15) is 0 Å². The Morgan fingerprint density at radius 3 is 2.55 bits per heavy atom. The van der Waals surface area contributed by atoms with Crippen molar-refractivity contribution in [3.05, 3.63) is 68.9 Å². The summed E-state index contributed by atoms with van der Waals surface area (Å²) in [5, 5.41) is 11.0. The van der Waals surface area contributed by atoms with Gasteiger partial charge in [-0.05, 0) is 41.5 Å². The lowest BCUT2D eigenvalue weighted by molar-refractivity contribution is 0.147. The third-order valence-electron chi connectivity index (χ3n) is 3.14. The zero-order valence-electron chi connectivity index (χ0n) is 10.6. The number of aliphatic hydroxyl groups is 1. The number of hydrogen-bond donors (Lipinski definition) is 2. The fourth-order valence-corrected chi connectivity index (χ4v) is 2.84. The van der Waals surface area contributed by atoms with Crippen LogP contribution < -0.4 is 5.73 Å². The van der Waals surface area contributed by atoms with Gasteiger partial charge in [0.25, 0.3) is 0 Å². The molecule has 0 fully saturated rings. The van der Waals surface area contributed by atoms with Crippen molar-refractivity contribution in [3.8, 4) is 0 Å². The van der Waals surface area contributed by atoms with Gasteiger partial charge >= 0.3 is 0 Å². The highest BCUT2D eigenvalue weighted by Gasteiger charge is 2.22. The quantitative estimate of drug-likeness (QED) is 0.867. The lowest BCUT2D eigenvalue weighted by Gasteiger charge is -2.22. The average Bonchev–Trinajstić information content (AvgIpc) is 2.38. The molecule has 0 amide bonds. The second-order valence-electron chi connectivity index (χ2n) is 4.54. The minimum absolute atomic E-state index is 0.232. The lowest BCUT2D eigenvalue weighted by Crippen LogP contribution is -2.20. The van der Waals surface area contributed by atoms with Crippen molar-refractivity contribution in [2.24, 2.45) is 5.73 Å². The van der Waals surface area contributed by atoms with Gasteiger partial charge in [-0.15, -0.1) is 0 Å². The largest absolute Gasteiger partial charge is 0.388 e. The fourth-order valence-electron chi connectivity index (χ4n) is 2.16. The predicted molar refractivity (Wildman–Crippen MR) is 82.3 cm³/mol. The Balaban J connectivity index is 2.35. The van der Waals surface area contributed by atoms with E-state index in [4.69, 9.17) is 17.3 Å². The normalized spacial score (nSPS) is 14.1. The highest BCUT2D eigenvalue weighted by Crippen LogP contribution is 2.32. The highest BCUT2D eigenvalue weighted by atomic mass is 79.9. The molecule has 20 heavy (non-hydrogen) atoms. The number of aliphatic hydroxyl groups excluding tert-OH is 1.